The molecule has 0 atom stereocenters. The van der Waals surface area contributed by atoms with E-state index in [1.807, 2.05) is 78.9 Å². The van der Waals surface area contributed by atoms with Crippen LogP contribution in [-0.2, 0) is 0 Å². The zero-order chi connectivity index (χ0) is 25.5. The molecule has 0 bridgehead atoms. The minimum atomic E-state index is -0.632. The quantitative estimate of drug-likeness (QED) is 0.115. The van der Waals surface area contributed by atoms with Crippen LogP contribution in [-0.4, -0.2) is 26.0 Å². The summed E-state index contributed by atoms with van der Waals surface area (Å²) in [7, 11) is 1.65. The number of allylic oxidation sites excluding steroid dienone is 1. The predicted molar refractivity (Wildman–Crippen MR) is 148 cm³/mol. The number of anilines is 1. The third-order valence-electron chi connectivity index (χ3n) is 6.06. The lowest BCUT2D eigenvalue weighted by Gasteiger charge is -2.20. The number of benzene rings is 3. The zero-order valence-corrected chi connectivity index (χ0v) is 20.7. The van der Waals surface area contributed by atoms with Crippen LogP contribution in [0.1, 0.15) is 40.9 Å². The van der Waals surface area contributed by atoms with Gasteiger partial charge in [-0.25, -0.2) is 4.79 Å². The van der Waals surface area contributed by atoms with E-state index in [9.17, 15) is 9.59 Å². The Hall–Kier alpha value is -4.38. The number of carbonyl (C=O) groups excluding carboxylic acids is 1. The average Bonchev–Trinajstić information content (AvgIpc) is 2.91. The molecular formula is C31H29NO4. The van der Waals surface area contributed by atoms with Gasteiger partial charge in [0, 0.05) is 30.2 Å². The van der Waals surface area contributed by atoms with E-state index < -0.39 is 5.63 Å². The molecule has 0 saturated heterocycles. The van der Waals surface area contributed by atoms with Gasteiger partial charge in [0.25, 0.3) is 0 Å². The Kier molecular flexibility index (Phi) is 7.81. The smallest absolute Gasteiger partial charge is 0.347 e. The van der Waals surface area contributed by atoms with Crippen LogP contribution < -0.4 is 15.3 Å². The molecule has 0 radical (unpaired) electrons. The maximum Gasteiger partial charge on any atom is 0.347 e. The van der Waals surface area contributed by atoms with Crippen molar-refractivity contribution in [1.29, 1.82) is 0 Å². The van der Waals surface area contributed by atoms with Crippen LogP contribution in [0.15, 0.2) is 88.1 Å². The third kappa shape index (κ3) is 5.81. The van der Waals surface area contributed by atoms with E-state index in [1.54, 1.807) is 19.3 Å². The molecule has 0 N–H and O–H groups in total. The molecule has 0 spiro atoms. The Morgan fingerprint density at radius 2 is 1.42 bits per heavy atom. The second-order valence-corrected chi connectivity index (χ2v) is 8.31. The normalized spacial score (nSPS) is 11.4. The summed E-state index contributed by atoms with van der Waals surface area (Å²) in [6.45, 7) is 5.86. The maximum absolute atomic E-state index is 12.7. The first-order valence-electron chi connectivity index (χ1n) is 12.0. The SMILES string of the molecule is CCN(CC)c1ccc2cc(C(=O)/C=C/c3ccc(/C=C/c4ccc(OC)cc4)cc3)c(=O)oc2c1. The standard InChI is InChI=1S/C31H29NO4/c1-4-32(5-2)26-16-15-25-20-28(31(34)36-30(25)21-26)29(33)19-14-23-9-6-22(7-10-23)8-11-24-12-17-27(35-3)18-13-24/h6-21H,4-5H2,1-3H3/b11-8+,19-14+. The molecular weight excluding hydrogens is 450 g/mol. The minimum absolute atomic E-state index is 0.0217. The number of hydrogen-bond donors (Lipinski definition) is 0. The second-order valence-electron chi connectivity index (χ2n) is 8.31. The van der Waals surface area contributed by atoms with Crippen molar-refractivity contribution in [3.8, 4) is 5.75 Å². The topological polar surface area (TPSA) is 59.8 Å². The van der Waals surface area contributed by atoms with Gasteiger partial charge in [0.1, 0.15) is 16.9 Å². The number of nitrogens with zero attached hydrogens (tertiary/aromatic N) is 1. The van der Waals surface area contributed by atoms with Crippen molar-refractivity contribution in [1.82, 2.24) is 0 Å². The van der Waals surface area contributed by atoms with Crippen molar-refractivity contribution in [3.05, 3.63) is 112 Å². The summed E-state index contributed by atoms with van der Waals surface area (Å²) in [4.78, 5) is 27.4. The molecule has 0 aliphatic heterocycles. The fourth-order valence-corrected chi connectivity index (χ4v) is 3.94. The highest BCUT2D eigenvalue weighted by Gasteiger charge is 2.12. The summed E-state index contributed by atoms with van der Waals surface area (Å²) in [5.74, 6) is 0.436. The van der Waals surface area contributed by atoms with E-state index >= 15 is 0 Å². The predicted octanol–water partition coefficient (Wildman–Crippen LogP) is 6.71. The molecule has 0 amide bonds. The molecule has 0 fully saturated rings. The van der Waals surface area contributed by atoms with Crippen molar-refractivity contribution >= 4 is 40.7 Å². The van der Waals surface area contributed by atoms with Crippen molar-refractivity contribution in [2.24, 2.45) is 0 Å². The average molecular weight is 480 g/mol. The molecule has 4 aromatic rings. The van der Waals surface area contributed by atoms with Gasteiger partial charge < -0.3 is 14.1 Å². The highest BCUT2D eigenvalue weighted by atomic mass is 16.5. The van der Waals surface area contributed by atoms with Crippen molar-refractivity contribution in [3.63, 3.8) is 0 Å². The molecule has 4 rings (SSSR count). The Morgan fingerprint density at radius 1 is 0.833 bits per heavy atom. The number of rotatable bonds is 9. The highest BCUT2D eigenvalue weighted by Crippen LogP contribution is 2.22. The number of ketones is 1. The Balaban J connectivity index is 1.46. The van der Waals surface area contributed by atoms with Crippen molar-refractivity contribution in [2.75, 3.05) is 25.1 Å². The van der Waals surface area contributed by atoms with Crippen LogP contribution in [0.4, 0.5) is 5.69 Å². The summed E-state index contributed by atoms with van der Waals surface area (Å²) < 4.78 is 10.7. The van der Waals surface area contributed by atoms with Gasteiger partial charge in [-0.15, -0.1) is 0 Å². The number of carbonyl (C=O) groups is 1. The van der Waals surface area contributed by atoms with Crippen molar-refractivity contribution in [2.45, 2.75) is 13.8 Å². The molecule has 1 heterocycles. The van der Waals surface area contributed by atoms with Gasteiger partial charge in [0.05, 0.1) is 7.11 Å². The van der Waals surface area contributed by atoms with E-state index in [0.29, 0.717) is 5.58 Å². The minimum Gasteiger partial charge on any atom is -0.497 e. The molecule has 1 aromatic heterocycles. The summed E-state index contributed by atoms with van der Waals surface area (Å²) in [5.41, 5.74) is 3.82. The lowest BCUT2D eigenvalue weighted by molar-refractivity contribution is 0.104. The Labute approximate surface area is 210 Å². The molecule has 0 aliphatic rings. The van der Waals surface area contributed by atoms with Crippen LogP contribution in [0.2, 0.25) is 0 Å². The van der Waals surface area contributed by atoms with Crippen LogP contribution >= 0.6 is 0 Å². The maximum atomic E-state index is 12.7. The van der Waals surface area contributed by atoms with Crippen LogP contribution in [0.25, 0.3) is 29.2 Å². The fourth-order valence-electron chi connectivity index (χ4n) is 3.94. The van der Waals surface area contributed by atoms with E-state index in [0.717, 1.165) is 46.6 Å². The first kappa shape index (κ1) is 24.7. The molecule has 5 nitrogen and oxygen atoms in total. The van der Waals surface area contributed by atoms with Gasteiger partial charge in [-0.05, 0) is 66.9 Å². The van der Waals surface area contributed by atoms with Gasteiger partial charge in [-0.3, -0.25) is 4.79 Å². The summed E-state index contributed by atoms with van der Waals surface area (Å²) in [6, 6.07) is 22.9. The number of methoxy groups -OCH3 is 1. The van der Waals surface area contributed by atoms with E-state index in [2.05, 4.69) is 18.7 Å². The molecule has 0 unspecified atom stereocenters. The number of hydrogen-bond acceptors (Lipinski definition) is 5. The van der Waals surface area contributed by atoms with Crippen LogP contribution in [0.5, 0.6) is 5.75 Å². The summed E-state index contributed by atoms with van der Waals surface area (Å²) in [5, 5.41) is 0.718. The molecule has 3 aromatic carbocycles. The third-order valence-corrected chi connectivity index (χ3v) is 6.06. The lowest BCUT2D eigenvalue weighted by Crippen LogP contribution is -2.21. The highest BCUT2D eigenvalue weighted by molar-refractivity contribution is 6.07. The van der Waals surface area contributed by atoms with E-state index in [-0.39, 0.29) is 11.3 Å². The fraction of sp³-hybridized carbons (Fsp3) is 0.161. The van der Waals surface area contributed by atoms with Gasteiger partial charge in [0.2, 0.25) is 0 Å². The molecule has 0 saturated carbocycles. The van der Waals surface area contributed by atoms with Crippen LogP contribution in [0.3, 0.4) is 0 Å². The summed E-state index contributed by atoms with van der Waals surface area (Å²) >= 11 is 0. The number of ether oxygens (including phenoxy) is 1. The Bertz CT molecular complexity index is 1460. The first-order chi connectivity index (χ1) is 17.5. The molecule has 0 aliphatic carbocycles. The van der Waals surface area contributed by atoms with E-state index in [1.165, 1.54) is 6.08 Å². The van der Waals surface area contributed by atoms with Gasteiger partial charge in [-0.2, -0.15) is 0 Å². The summed E-state index contributed by atoms with van der Waals surface area (Å²) in [6.07, 6.45) is 7.15. The molecule has 36 heavy (non-hydrogen) atoms. The Morgan fingerprint density at radius 3 is 2.00 bits per heavy atom. The van der Waals surface area contributed by atoms with Crippen LogP contribution in [0, 0.1) is 0 Å². The van der Waals surface area contributed by atoms with Gasteiger partial charge in [0.15, 0.2) is 5.78 Å². The second kappa shape index (κ2) is 11.4. The van der Waals surface area contributed by atoms with Gasteiger partial charge in [-0.1, -0.05) is 54.6 Å². The molecule has 182 valence electrons. The largest absolute Gasteiger partial charge is 0.497 e. The molecule has 5 heteroatoms. The zero-order valence-electron chi connectivity index (χ0n) is 20.7. The van der Waals surface area contributed by atoms with Crippen molar-refractivity contribution < 1.29 is 13.9 Å². The van der Waals surface area contributed by atoms with E-state index in [4.69, 9.17) is 9.15 Å². The number of fused-ring (bicyclic) bond motifs is 1. The lowest BCUT2D eigenvalue weighted by atomic mass is 10.1. The monoisotopic (exact) mass is 479 g/mol. The van der Waals surface area contributed by atoms with Gasteiger partial charge >= 0.3 is 5.63 Å². The first-order valence-corrected chi connectivity index (χ1v) is 12.0.